The highest BCUT2D eigenvalue weighted by Crippen LogP contribution is 2.19. The third kappa shape index (κ3) is 4.15. The number of anilines is 1. The maximum absolute atomic E-state index is 12.2. The van der Waals surface area contributed by atoms with E-state index in [1.54, 1.807) is 19.2 Å². The van der Waals surface area contributed by atoms with Crippen LogP contribution >= 0.6 is 0 Å². The molecule has 0 saturated carbocycles. The minimum atomic E-state index is -3.63. The van der Waals surface area contributed by atoms with E-state index in [0.717, 1.165) is 24.5 Å². The summed E-state index contributed by atoms with van der Waals surface area (Å²) in [7, 11) is -3.63. The Kier molecular flexibility index (Phi) is 5.20. The first-order valence-corrected chi connectivity index (χ1v) is 9.79. The summed E-state index contributed by atoms with van der Waals surface area (Å²) in [5, 5.41) is -0.0539. The fourth-order valence-corrected chi connectivity index (χ4v) is 3.84. The monoisotopic (exact) mass is 349 g/mol. The standard InChI is InChI=1S/C17H23N3O3S/c1-14-6-7-17(23-14)24(21,22)19-13-15-8-9-18-16(12-15)20-10-4-2-3-5-11-20/h6-9,12,19H,2-5,10-11,13H2,1H3. The minimum absolute atomic E-state index is 0.0539. The second kappa shape index (κ2) is 7.36. The van der Waals surface area contributed by atoms with Gasteiger partial charge >= 0.3 is 0 Å². The van der Waals surface area contributed by atoms with E-state index in [9.17, 15) is 8.42 Å². The molecule has 1 N–H and O–H groups in total. The molecule has 2 aromatic rings. The second-order valence-electron chi connectivity index (χ2n) is 6.11. The van der Waals surface area contributed by atoms with Gasteiger partial charge in [-0.2, -0.15) is 0 Å². The van der Waals surface area contributed by atoms with Crippen LogP contribution in [0.4, 0.5) is 5.82 Å². The van der Waals surface area contributed by atoms with E-state index in [1.807, 2.05) is 12.1 Å². The third-order valence-electron chi connectivity index (χ3n) is 4.19. The van der Waals surface area contributed by atoms with Gasteiger partial charge in [0.25, 0.3) is 10.0 Å². The third-order valence-corrected chi connectivity index (χ3v) is 5.46. The average Bonchev–Trinajstić information content (AvgIpc) is 2.85. The maximum atomic E-state index is 12.2. The van der Waals surface area contributed by atoms with E-state index in [-0.39, 0.29) is 11.6 Å². The number of sulfonamides is 1. The summed E-state index contributed by atoms with van der Waals surface area (Å²) in [6, 6.07) is 6.89. The van der Waals surface area contributed by atoms with E-state index in [2.05, 4.69) is 14.6 Å². The van der Waals surface area contributed by atoms with Crippen molar-refractivity contribution in [3.8, 4) is 0 Å². The Morgan fingerprint density at radius 2 is 1.92 bits per heavy atom. The number of rotatable bonds is 5. The average molecular weight is 349 g/mol. The molecule has 0 aromatic carbocycles. The van der Waals surface area contributed by atoms with Gasteiger partial charge in [-0.3, -0.25) is 0 Å². The molecular formula is C17H23N3O3S. The molecule has 1 saturated heterocycles. The lowest BCUT2D eigenvalue weighted by atomic mass is 10.2. The van der Waals surface area contributed by atoms with Crippen LogP contribution in [0.1, 0.15) is 37.0 Å². The number of aromatic nitrogens is 1. The topological polar surface area (TPSA) is 75.4 Å². The van der Waals surface area contributed by atoms with Crippen LogP contribution in [0, 0.1) is 6.92 Å². The summed E-state index contributed by atoms with van der Waals surface area (Å²) in [5.74, 6) is 1.49. The highest BCUT2D eigenvalue weighted by atomic mass is 32.2. The van der Waals surface area contributed by atoms with E-state index in [4.69, 9.17) is 4.42 Å². The molecule has 0 aliphatic carbocycles. The number of pyridine rings is 1. The molecule has 0 bridgehead atoms. The summed E-state index contributed by atoms with van der Waals surface area (Å²) in [6.45, 7) is 3.95. The summed E-state index contributed by atoms with van der Waals surface area (Å²) >= 11 is 0. The van der Waals surface area contributed by atoms with Gasteiger partial charge < -0.3 is 9.32 Å². The molecule has 3 heterocycles. The molecule has 1 aliphatic rings. The van der Waals surface area contributed by atoms with Gasteiger partial charge in [-0.25, -0.2) is 18.1 Å². The zero-order valence-electron chi connectivity index (χ0n) is 13.9. The first-order chi connectivity index (χ1) is 11.5. The summed E-state index contributed by atoms with van der Waals surface area (Å²) in [6.07, 6.45) is 6.62. The molecule has 0 spiro atoms. The van der Waals surface area contributed by atoms with Crippen LogP contribution < -0.4 is 9.62 Å². The Balaban J connectivity index is 1.68. The molecule has 3 rings (SSSR count). The van der Waals surface area contributed by atoms with Gasteiger partial charge in [0, 0.05) is 25.8 Å². The van der Waals surface area contributed by atoms with Crippen molar-refractivity contribution in [3.05, 3.63) is 41.8 Å². The highest BCUT2D eigenvalue weighted by molar-refractivity contribution is 7.89. The number of nitrogens with one attached hydrogen (secondary N) is 1. The molecule has 0 atom stereocenters. The SMILES string of the molecule is Cc1ccc(S(=O)(=O)NCc2ccnc(N3CCCCCC3)c2)o1. The fraction of sp³-hybridized carbons (Fsp3) is 0.471. The summed E-state index contributed by atoms with van der Waals surface area (Å²) in [4.78, 5) is 6.72. The van der Waals surface area contributed by atoms with Crippen molar-refractivity contribution in [2.75, 3.05) is 18.0 Å². The molecule has 1 fully saturated rings. The fourth-order valence-electron chi connectivity index (χ4n) is 2.85. The molecule has 6 nitrogen and oxygen atoms in total. The largest absolute Gasteiger partial charge is 0.449 e. The molecule has 24 heavy (non-hydrogen) atoms. The van der Waals surface area contributed by atoms with E-state index >= 15 is 0 Å². The minimum Gasteiger partial charge on any atom is -0.449 e. The lowest BCUT2D eigenvalue weighted by molar-refractivity contribution is 0.425. The predicted molar refractivity (Wildman–Crippen MR) is 92.4 cm³/mol. The van der Waals surface area contributed by atoms with Gasteiger partial charge in [-0.05, 0) is 49.6 Å². The van der Waals surface area contributed by atoms with E-state index in [0.29, 0.717) is 5.76 Å². The molecule has 1 aliphatic heterocycles. The molecule has 0 amide bonds. The highest BCUT2D eigenvalue weighted by Gasteiger charge is 2.18. The van der Waals surface area contributed by atoms with Crippen LogP contribution in [0.15, 0.2) is 40.0 Å². The summed E-state index contributed by atoms with van der Waals surface area (Å²) < 4.78 is 32.2. The Hall–Kier alpha value is -1.86. The number of furan rings is 1. The van der Waals surface area contributed by atoms with Crippen LogP contribution in [0.3, 0.4) is 0 Å². The van der Waals surface area contributed by atoms with Crippen molar-refractivity contribution >= 4 is 15.8 Å². The number of nitrogens with zero attached hydrogens (tertiary/aromatic N) is 2. The van der Waals surface area contributed by atoms with Crippen molar-refractivity contribution in [3.63, 3.8) is 0 Å². The smallest absolute Gasteiger partial charge is 0.274 e. The summed E-state index contributed by atoms with van der Waals surface area (Å²) in [5.41, 5.74) is 0.885. The maximum Gasteiger partial charge on any atom is 0.274 e. The Bertz CT molecular complexity index is 778. The number of aryl methyl sites for hydroxylation is 1. The van der Waals surface area contributed by atoms with Gasteiger partial charge in [0.1, 0.15) is 11.6 Å². The number of hydrogen-bond acceptors (Lipinski definition) is 5. The van der Waals surface area contributed by atoms with E-state index < -0.39 is 10.0 Å². The molecule has 0 radical (unpaired) electrons. The van der Waals surface area contributed by atoms with Crippen LogP contribution in [-0.4, -0.2) is 26.5 Å². The zero-order chi connectivity index (χ0) is 17.0. The van der Waals surface area contributed by atoms with Crippen molar-refractivity contribution in [1.82, 2.24) is 9.71 Å². The lowest BCUT2D eigenvalue weighted by Gasteiger charge is -2.21. The quantitative estimate of drug-likeness (QED) is 0.898. The number of hydrogen-bond donors (Lipinski definition) is 1. The molecule has 7 heteroatoms. The molecule has 0 unspecified atom stereocenters. The second-order valence-corrected chi connectivity index (χ2v) is 7.81. The van der Waals surface area contributed by atoms with Crippen LogP contribution in [0.2, 0.25) is 0 Å². The first-order valence-electron chi connectivity index (χ1n) is 8.30. The predicted octanol–water partition coefficient (Wildman–Crippen LogP) is 2.84. The van der Waals surface area contributed by atoms with Crippen molar-refractivity contribution in [2.45, 2.75) is 44.2 Å². The van der Waals surface area contributed by atoms with Crippen LogP contribution in [0.25, 0.3) is 0 Å². The van der Waals surface area contributed by atoms with Gasteiger partial charge in [-0.15, -0.1) is 0 Å². The molecular weight excluding hydrogens is 326 g/mol. The zero-order valence-corrected chi connectivity index (χ0v) is 14.7. The van der Waals surface area contributed by atoms with Crippen molar-refractivity contribution < 1.29 is 12.8 Å². The van der Waals surface area contributed by atoms with Gasteiger partial charge in [-0.1, -0.05) is 12.8 Å². The van der Waals surface area contributed by atoms with Crippen molar-refractivity contribution in [1.29, 1.82) is 0 Å². The van der Waals surface area contributed by atoms with E-state index in [1.165, 1.54) is 31.7 Å². The Morgan fingerprint density at radius 1 is 1.17 bits per heavy atom. The van der Waals surface area contributed by atoms with Gasteiger partial charge in [0.05, 0.1) is 0 Å². The Morgan fingerprint density at radius 3 is 2.58 bits per heavy atom. The van der Waals surface area contributed by atoms with Crippen molar-refractivity contribution in [2.24, 2.45) is 0 Å². The molecule has 2 aromatic heterocycles. The lowest BCUT2D eigenvalue weighted by Crippen LogP contribution is -2.26. The first kappa shape index (κ1) is 17.0. The Labute approximate surface area is 142 Å². The van der Waals surface area contributed by atoms with Gasteiger partial charge in [0.15, 0.2) is 0 Å². The molecule has 130 valence electrons. The normalized spacial score (nSPS) is 16.1. The van der Waals surface area contributed by atoms with Gasteiger partial charge in [0.2, 0.25) is 5.09 Å². The van der Waals surface area contributed by atoms with Crippen LogP contribution in [-0.2, 0) is 16.6 Å². The van der Waals surface area contributed by atoms with Crippen LogP contribution in [0.5, 0.6) is 0 Å².